The highest BCUT2D eigenvalue weighted by Crippen LogP contribution is 2.34. The average molecular weight is 596 g/mol. The number of amides is 3. The molecule has 0 saturated carbocycles. The molecule has 2 heterocycles. The third-order valence-corrected chi connectivity index (χ3v) is 7.64. The zero-order valence-electron chi connectivity index (χ0n) is 24.7. The van der Waals surface area contributed by atoms with E-state index in [2.05, 4.69) is 31.2 Å². The van der Waals surface area contributed by atoms with Crippen LogP contribution in [0.4, 0.5) is 17.2 Å². The number of rotatable bonds is 9. The predicted molar refractivity (Wildman–Crippen MR) is 164 cm³/mol. The highest BCUT2D eigenvalue weighted by atomic mass is 35.5. The van der Waals surface area contributed by atoms with Gasteiger partial charge in [0.2, 0.25) is 17.7 Å². The van der Waals surface area contributed by atoms with E-state index in [4.69, 9.17) is 16.3 Å². The molecule has 1 aliphatic heterocycles. The molecule has 1 fully saturated rings. The standard InChI is InChI=1S/C30H38ClN7O4/c1-17(32-5)27(39)37-25(30(2,3)4)29(41)38-13-7-8-23(38)28(40)36-22-14-20-21(15-24(22)42-6)33-16-34-26(20)35-19-11-9-18(31)10-12-19/h9-12,14-17,23,25,32H,7-8,13H2,1-6H3,(H,36,40)(H,37,39)(H,33,34,35). The normalized spacial score (nSPS) is 16.5. The van der Waals surface area contributed by atoms with Crippen molar-refractivity contribution in [1.82, 2.24) is 25.5 Å². The first-order chi connectivity index (χ1) is 19.9. The Hall–Kier alpha value is -3.96. The van der Waals surface area contributed by atoms with Crippen molar-refractivity contribution in [3.63, 3.8) is 0 Å². The number of benzene rings is 2. The van der Waals surface area contributed by atoms with E-state index in [1.807, 2.05) is 32.9 Å². The van der Waals surface area contributed by atoms with Crippen LogP contribution in [0.2, 0.25) is 5.02 Å². The second-order valence-corrected chi connectivity index (χ2v) is 11.9. The lowest BCUT2D eigenvalue weighted by atomic mass is 9.85. The summed E-state index contributed by atoms with van der Waals surface area (Å²) in [4.78, 5) is 50.5. The summed E-state index contributed by atoms with van der Waals surface area (Å²) in [6.07, 6.45) is 2.61. The molecule has 3 aromatic rings. The summed E-state index contributed by atoms with van der Waals surface area (Å²) in [7, 11) is 3.20. The van der Waals surface area contributed by atoms with Gasteiger partial charge in [0.15, 0.2) is 0 Å². The first-order valence-electron chi connectivity index (χ1n) is 13.9. The number of likely N-dealkylation sites (tertiary alicyclic amines) is 1. The Morgan fingerprint density at radius 2 is 1.83 bits per heavy atom. The summed E-state index contributed by atoms with van der Waals surface area (Å²) in [6, 6.07) is 8.71. The number of hydrogen-bond donors (Lipinski definition) is 4. The molecule has 1 aromatic heterocycles. The maximum atomic E-state index is 13.8. The number of aromatic nitrogens is 2. The summed E-state index contributed by atoms with van der Waals surface area (Å²) in [5, 5.41) is 13.3. The van der Waals surface area contributed by atoms with Crippen LogP contribution in [0.5, 0.6) is 5.75 Å². The van der Waals surface area contributed by atoms with Gasteiger partial charge in [0.25, 0.3) is 0 Å². The number of nitrogens with one attached hydrogen (secondary N) is 4. The van der Waals surface area contributed by atoms with Gasteiger partial charge < -0.3 is 30.9 Å². The fourth-order valence-corrected chi connectivity index (χ4v) is 4.98. The van der Waals surface area contributed by atoms with Gasteiger partial charge in [0.05, 0.1) is 24.4 Å². The van der Waals surface area contributed by atoms with E-state index in [9.17, 15) is 14.4 Å². The molecular formula is C30H38ClN7O4. The molecular weight excluding hydrogens is 558 g/mol. The molecule has 0 bridgehead atoms. The second kappa shape index (κ2) is 12.9. The van der Waals surface area contributed by atoms with E-state index in [1.165, 1.54) is 13.4 Å². The van der Waals surface area contributed by atoms with Gasteiger partial charge in [0, 0.05) is 28.7 Å². The minimum absolute atomic E-state index is 0.280. The third-order valence-electron chi connectivity index (χ3n) is 7.39. The number of carbonyl (C=O) groups excluding carboxylic acids is 3. The number of halogens is 1. The Bertz CT molecular complexity index is 1460. The van der Waals surface area contributed by atoms with Crippen LogP contribution in [0.25, 0.3) is 10.9 Å². The molecule has 4 N–H and O–H groups in total. The molecule has 0 aliphatic carbocycles. The van der Waals surface area contributed by atoms with Gasteiger partial charge in [-0.15, -0.1) is 0 Å². The van der Waals surface area contributed by atoms with Crippen molar-refractivity contribution in [2.75, 3.05) is 31.3 Å². The average Bonchev–Trinajstić information content (AvgIpc) is 3.46. The number of anilines is 3. The molecule has 3 amide bonds. The van der Waals surface area contributed by atoms with Crippen LogP contribution in [0, 0.1) is 5.41 Å². The van der Waals surface area contributed by atoms with Gasteiger partial charge >= 0.3 is 0 Å². The molecule has 0 spiro atoms. The number of carbonyl (C=O) groups is 3. The lowest BCUT2D eigenvalue weighted by Crippen LogP contribution is -2.59. The zero-order valence-corrected chi connectivity index (χ0v) is 25.5. The first kappa shape index (κ1) is 31.0. The van der Waals surface area contributed by atoms with Crippen molar-refractivity contribution in [2.45, 2.75) is 58.7 Å². The van der Waals surface area contributed by atoms with E-state index in [0.717, 1.165) is 5.69 Å². The molecule has 0 radical (unpaired) electrons. The topological polar surface area (TPSA) is 138 Å². The lowest BCUT2D eigenvalue weighted by Gasteiger charge is -2.36. The highest BCUT2D eigenvalue weighted by molar-refractivity contribution is 6.30. The Morgan fingerprint density at radius 3 is 2.48 bits per heavy atom. The highest BCUT2D eigenvalue weighted by Gasteiger charge is 2.42. The van der Waals surface area contributed by atoms with Gasteiger partial charge in [-0.2, -0.15) is 0 Å². The summed E-state index contributed by atoms with van der Waals surface area (Å²) in [5.41, 5.74) is 1.25. The lowest BCUT2D eigenvalue weighted by molar-refractivity contribution is -0.143. The third kappa shape index (κ3) is 6.91. The molecule has 224 valence electrons. The van der Waals surface area contributed by atoms with Gasteiger partial charge in [-0.1, -0.05) is 32.4 Å². The van der Waals surface area contributed by atoms with Crippen molar-refractivity contribution in [2.24, 2.45) is 5.41 Å². The Morgan fingerprint density at radius 1 is 1.12 bits per heavy atom. The smallest absolute Gasteiger partial charge is 0.247 e. The fraction of sp³-hybridized carbons (Fsp3) is 0.433. The summed E-state index contributed by atoms with van der Waals surface area (Å²) in [6.45, 7) is 7.82. The Kier molecular flexibility index (Phi) is 9.53. The maximum Gasteiger partial charge on any atom is 0.247 e. The molecule has 42 heavy (non-hydrogen) atoms. The molecule has 12 heteroatoms. The van der Waals surface area contributed by atoms with Crippen LogP contribution in [0.3, 0.4) is 0 Å². The number of likely N-dealkylation sites (N-methyl/N-ethyl adjacent to an activating group) is 1. The summed E-state index contributed by atoms with van der Waals surface area (Å²) >= 11 is 6.02. The van der Waals surface area contributed by atoms with Crippen LogP contribution in [-0.2, 0) is 14.4 Å². The molecule has 4 rings (SSSR count). The van der Waals surface area contributed by atoms with E-state index < -0.39 is 23.5 Å². The zero-order chi connectivity index (χ0) is 30.6. The second-order valence-electron chi connectivity index (χ2n) is 11.4. The molecule has 3 unspecified atom stereocenters. The van der Waals surface area contributed by atoms with E-state index in [0.29, 0.717) is 52.6 Å². The van der Waals surface area contributed by atoms with Gasteiger partial charge in [0.1, 0.15) is 30.0 Å². The molecule has 2 aromatic carbocycles. The van der Waals surface area contributed by atoms with Crippen LogP contribution < -0.4 is 26.0 Å². The van der Waals surface area contributed by atoms with Crippen LogP contribution in [-0.4, -0.2) is 71.4 Å². The molecule has 3 atom stereocenters. The van der Waals surface area contributed by atoms with Crippen LogP contribution >= 0.6 is 11.6 Å². The number of ether oxygens (including phenoxy) is 1. The minimum Gasteiger partial charge on any atom is -0.494 e. The monoisotopic (exact) mass is 595 g/mol. The fourth-order valence-electron chi connectivity index (χ4n) is 4.85. The summed E-state index contributed by atoms with van der Waals surface area (Å²) in [5.74, 6) is 0.0498. The molecule has 1 aliphatic rings. The van der Waals surface area contributed by atoms with Crippen molar-refractivity contribution < 1.29 is 19.1 Å². The van der Waals surface area contributed by atoms with Gasteiger partial charge in [-0.05, 0) is 62.6 Å². The van der Waals surface area contributed by atoms with Crippen LogP contribution in [0.15, 0.2) is 42.7 Å². The van der Waals surface area contributed by atoms with Gasteiger partial charge in [-0.25, -0.2) is 9.97 Å². The van der Waals surface area contributed by atoms with Crippen molar-refractivity contribution in [1.29, 1.82) is 0 Å². The maximum absolute atomic E-state index is 13.8. The van der Waals surface area contributed by atoms with Crippen molar-refractivity contribution >= 4 is 57.4 Å². The SMILES string of the molecule is CNC(C)C(=O)NC(C(=O)N1CCCC1C(=O)Nc1cc2c(Nc3ccc(Cl)cc3)ncnc2cc1OC)C(C)(C)C. The molecule has 11 nitrogen and oxygen atoms in total. The number of fused-ring (bicyclic) bond motifs is 1. The van der Waals surface area contributed by atoms with Crippen molar-refractivity contribution in [3.8, 4) is 5.75 Å². The quantitative estimate of drug-likeness (QED) is 0.290. The van der Waals surface area contributed by atoms with E-state index in [-0.39, 0.29) is 17.7 Å². The van der Waals surface area contributed by atoms with E-state index in [1.54, 1.807) is 43.1 Å². The first-order valence-corrected chi connectivity index (χ1v) is 14.2. The number of nitrogens with zero attached hydrogens (tertiary/aromatic N) is 3. The van der Waals surface area contributed by atoms with Gasteiger partial charge in [-0.3, -0.25) is 14.4 Å². The van der Waals surface area contributed by atoms with E-state index >= 15 is 0 Å². The Labute approximate surface area is 250 Å². The number of methoxy groups -OCH3 is 1. The number of hydrogen-bond acceptors (Lipinski definition) is 8. The van der Waals surface area contributed by atoms with Crippen LogP contribution in [0.1, 0.15) is 40.5 Å². The molecule has 1 saturated heterocycles. The largest absolute Gasteiger partial charge is 0.494 e. The van der Waals surface area contributed by atoms with Crippen molar-refractivity contribution in [3.05, 3.63) is 47.7 Å². The predicted octanol–water partition coefficient (Wildman–Crippen LogP) is 4.10. The summed E-state index contributed by atoms with van der Waals surface area (Å²) < 4.78 is 5.58. The Balaban J connectivity index is 1.59. The minimum atomic E-state index is -0.803.